The van der Waals surface area contributed by atoms with Crippen LogP contribution in [-0.2, 0) is 17.5 Å². The van der Waals surface area contributed by atoms with Gasteiger partial charge < -0.3 is 14.5 Å². The highest BCUT2D eigenvalue weighted by Gasteiger charge is 2.38. The van der Waals surface area contributed by atoms with Crippen molar-refractivity contribution in [2.75, 3.05) is 38.2 Å². The maximum Gasteiger partial charge on any atom is 0.436 e. The molecule has 0 aliphatic carbocycles. The minimum Gasteiger partial charge on any atom is -0.481 e. The first kappa shape index (κ1) is 20.2. The molecule has 2 aromatic heterocycles. The molecular formula is C17H19ClF3N5O2. The number of hydrogen-bond donors (Lipinski definition) is 0. The molecule has 0 unspecified atom stereocenters. The quantitative estimate of drug-likeness (QED) is 0.765. The molecule has 1 amide bonds. The topological polar surface area (TPSA) is 63.5 Å². The van der Waals surface area contributed by atoms with E-state index in [0.29, 0.717) is 32.1 Å². The molecule has 0 saturated carbocycles. The molecule has 0 aromatic carbocycles. The molecule has 28 heavy (non-hydrogen) atoms. The molecule has 3 heterocycles. The molecule has 1 saturated heterocycles. The van der Waals surface area contributed by atoms with Crippen LogP contribution in [0.15, 0.2) is 18.2 Å². The second-order valence-corrected chi connectivity index (χ2v) is 6.69. The molecule has 3 rings (SSSR count). The number of amides is 1. The summed E-state index contributed by atoms with van der Waals surface area (Å²) in [7, 11) is 1.54. The number of aromatic nitrogens is 3. The first-order valence-electron chi connectivity index (χ1n) is 8.54. The Bertz CT molecular complexity index is 863. The highest BCUT2D eigenvalue weighted by molar-refractivity contribution is 6.32. The summed E-state index contributed by atoms with van der Waals surface area (Å²) in [6.07, 6.45) is -4.66. The van der Waals surface area contributed by atoms with Crippen LogP contribution < -0.4 is 9.64 Å². The Morgan fingerprint density at radius 2 is 1.93 bits per heavy atom. The molecule has 0 spiro atoms. The van der Waals surface area contributed by atoms with Crippen LogP contribution in [0.25, 0.3) is 0 Å². The summed E-state index contributed by atoms with van der Waals surface area (Å²) in [5.41, 5.74) is -1.06. The van der Waals surface area contributed by atoms with Crippen LogP contribution >= 0.6 is 11.6 Å². The van der Waals surface area contributed by atoms with E-state index in [9.17, 15) is 18.0 Å². The summed E-state index contributed by atoms with van der Waals surface area (Å²) in [5.74, 6) is 0.938. The van der Waals surface area contributed by atoms with Gasteiger partial charge >= 0.3 is 6.18 Å². The summed E-state index contributed by atoms with van der Waals surface area (Å²) in [5, 5.41) is 3.00. The Morgan fingerprint density at radius 3 is 2.50 bits per heavy atom. The molecule has 152 valence electrons. The molecule has 7 nitrogen and oxygen atoms in total. The average molecular weight is 418 g/mol. The van der Waals surface area contributed by atoms with Crippen molar-refractivity contribution in [2.24, 2.45) is 0 Å². The third kappa shape index (κ3) is 4.16. The van der Waals surface area contributed by atoms with Crippen LogP contribution in [0.3, 0.4) is 0 Å². The molecule has 1 fully saturated rings. The Labute approximate surface area is 164 Å². The number of piperazine rings is 1. The number of nitrogens with zero attached hydrogens (tertiary/aromatic N) is 5. The van der Waals surface area contributed by atoms with Gasteiger partial charge in [0, 0.05) is 32.2 Å². The standard InChI is InChI=1S/C17H19ClF3N5O2/c1-11-15(18)16(17(19,20)21)23-26(11)10-14(27)25-8-6-24(7-9-25)12-4-3-5-13(22-12)28-2/h3-5H,6-10H2,1-2H3. The number of hydrogen-bond acceptors (Lipinski definition) is 5. The minimum absolute atomic E-state index is 0.113. The maximum absolute atomic E-state index is 12.9. The van der Waals surface area contributed by atoms with Gasteiger partial charge in [0.15, 0.2) is 5.69 Å². The average Bonchev–Trinajstić information content (AvgIpc) is 2.97. The van der Waals surface area contributed by atoms with Crippen molar-refractivity contribution in [3.05, 3.63) is 34.6 Å². The van der Waals surface area contributed by atoms with E-state index in [1.807, 2.05) is 17.0 Å². The predicted octanol–water partition coefficient (Wildman–Crippen LogP) is 2.62. The first-order valence-corrected chi connectivity index (χ1v) is 8.92. The van der Waals surface area contributed by atoms with Crippen molar-refractivity contribution in [1.82, 2.24) is 19.7 Å². The normalized spacial score (nSPS) is 15.1. The molecule has 2 aromatic rings. The van der Waals surface area contributed by atoms with Crippen molar-refractivity contribution in [3.8, 4) is 5.88 Å². The largest absolute Gasteiger partial charge is 0.481 e. The second kappa shape index (κ2) is 7.86. The van der Waals surface area contributed by atoms with Crippen molar-refractivity contribution in [1.29, 1.82) is 0 Å². The van der Waals surface area contributed by atoms with E-state index in [2.05, 4.69) is 10.1 Å². The van der Waals surface area contributed by atoms with Gasteiger partial charge in [-0.15, -0.1) is 0 Å². The lowest BCUT2D eigenvalue weighted by Gasteiger charge is -2.35. The zero-order valence-electron chi connectivity index (χ0n) is 15.3. The lowest BCUT2D eigenvalue weighted by Crippen LogP contribution is -2.50. The summed E-state index contributed by atoms with van der Waals surface area (Å²) in [4.78, 5) is 20.5. The molecule has 0 radical (unpaired) electrons. The molecule has 1 aliphatic heterocycles. The van der Waals surface area contributed by atoms with E-state index >= 15 is 0 Å². The summed E-state index contributed by atoms with van der Waals surface area (Å²) < 4.78 is 44.9. The van der Waals surface area contributed by atoms with Gasteiger partial charge in [-0.2, -0.15) is 23.3 Å². The van der Waals surface area contributed by atoms with Gasteiger partial charge in [-0.25, -0.2) is 0 Å². The van der Waals surface area contributed by atoms with Crippen LogP contribution in [0.2, 0.25) is 5.02 Å². The third-order valence-electron chi connectivity index (χ3n) is 4.56. The Kier molecular flexibility index (Phi) is 5.69. The van der Waals surface area contributed by atoms with E-state index in [4.69, 9.17) is 16.3 Å². The van der Waals surface area contributed by atoms with Crippen molar-refractivity contribution in [3.63, 3.8) is 0 Å². The molecule has 11 heteroatoms. The highest BCUT2D eigenvalue weighted by Crippen LogP contribution is 2.35. The maximum atomic E-state index is 12.9. The number of ether oxygens (including phenoxy) is 1. The zero-order chi connectivity index (χ0) is 20.5. The summed E-state index contributed by atoms with van der Waals surface area (Å²) in [6, 6.07) is 5.44. The fourth-order valence-corrected chi connectivity index (χ4v) is 3.21. The first-order chi connectivity index (χ1) is 13.2. The van der Waals surface area contributed by atoms with Gasteiger partial charge in [0.1, 0.15) is 12.4 Å². The van der Waals surface area contributed by atoms with Crippen molar-refractivity contribution < 1.29 is 22.7 Å². The smallest absolute Gasteiger partial charge is 0.436 e. The number of carbonyl (C=O) groups is 1. The van der Waals surface area contributed by atoms with Crippen molar-refractivity contribution >= 4 is 23.3 Å². The summed E-state index contributed by atoms with van der Waals surface area (Å²) in [6.45, 7) is 3.08. The summed E-state index contributed by atoms with van der Waals surface area (Å²) >= 11 is 5.73. The number of carbonyl (C=O) groups excluding carboxylic acids is 1. The van der Waals surface area contributed by atoms with Gasteiger partial charge in [-0.05, 0) is 13.0 Å². The molecule has 1 aliphatic rings. The van der Waals surface area contributed by atoms with Gasteiger partial charge in [0.2, 0.25) is 11.8 Å². The van der Waals surface area contributed by atoms with E-state index < -0.39 is 16.9 Å². The number of methoxy groups -OCH3 is 1. The number of anilines is 1. The van der Waals surface area contributed by atoms with Crippen molar-refractivity contribution in [2.45, 2.75) is 19.6 Å². The Morgan fingerprint density at radius 1 is 1.25 bits per heavy atom. The second-order valence-electron chi connectivity index (χ2n) is 6.31. The number of alkyl halides is 3. The SMILES string of the molecule is COc1cccc(N2CCN(C(=O)Cn3nc(C(F)(F)F)c(Cl)c3C)CC2)n1. The zero-order valence-corrected chi connectivity index (χ0v) is 16.1. The Hall–Kier alpha value is -2.49. The number of halogens is 4. The fraction of sp³-hybridized carbons (Fsp3) is 0.471. The molecule has 0 N–H and O–H groups in total. The monoisotopic (exact) mass is 417 g/mol. The van der Waals surface area contributed by atoms with Crippen LogP contribution in [0, 0.1) is 6.92 Å². The van der Waals surface area contributed by atoms with Crippen LogP contribution in [0.4, 0.5) is 19.0 Å². The number of rotatable bonds is 4. The van der Waals surface area contributed by atoms with Gasteiger partial charge in [-0.3, -0.25) is 9.48 Å². The van der Waals surface area contributed by atoms with Gasteiger partial charge in [0.25, 0.3) is 0 Å². The third-order valence-corrected chi connectivity index (χ3v) is 5.01. The molecule has 0 atom stereocenters. The molecule has 0 bridgehead atoms. The van der Waals surface area contributed by atoms with Crippen LogP contribution in [0.5, 0.6) is 5.88 Å². The van der Waals surface area contributed by atoms with Gasteiger partial charge in [-0.1, -0.05) is 17.7 Å². The predicted molar refractivity (Wildman–Crippen MR) is 96.6 cm³/mol. The van der Waals surface area contributed by atoms with E-state index in [0.717, 1.165) is 10.5 Å². The van der Waals surface area contributed by atoms with E-state index in [1.165, 1.54) is 14.0 Å². The lowest BCUT2D eigenvalue weighted by atomic mass is 10.3. The minimum atomic E-state index is -4.66. The van der Waals surface area contributed by atoms with Crippen LogP contribution in [0.1, 0.15) is 11.4 Å². The highest BCUT2D eigenvalue weighted by atomic mass is 35.5. The lowest BCUT2D eigenvalue weighted by molar-refractivity contribution is -0.142. The van der Waals surface area contributed by atoms with Gasteiger partial charge in [0.05, 0.1) is 17.8 Å². The fourth-order valence-electron chi connectivity index (χ4n) is 2.97. The van der Waals surface area contributed by atoms with E-state index in [-0.39, 0.29) is 18.1 Å². The van der Waals surface area contributed by atoms with Crippen LogP contribution in [-0.4, -0.2) is 58.9 Å². The number of pyridine rings is 1. The molecular weight excluding hydrogens is 399 g/mol. The Balaban J connectivity index is 1.63. The van der Waals surface area contributed by atoms with E-state index in [1.54, 1.807) is 11.0 Å².